The van der Waals surface area contributed by atoms with Gasteiger partial charge in [-0.2, -0.15) is 0 Å². The SMILES string of the molecule is Cc1nc(CNS(=O)(=O)c2ccc(Br)cc2F)oc1C. The molecule has 0 amide bonds. The molecule has 20 heavy (non-hydrogen) atoms. The van der Waals surface area contributed by atoms with Gasteiger partial charge in [0, 0.05) is 4.47 Å². The smallest absolute Gasteiger partial charge is 0.243 e. The van der Waals surface area contributed by atoms with Crippen molar-refractivity contribution in [3.05, 3.63) is 45.8 Å². The van der Waals surface area contributed by atoms with E-state index in [1.807, 2.05) is 0 Å². The number of aromatic nitrogens is 1. The Morgan fingerprint density at radius 2 is 2.10 bits per heavy atom. The Labute approximate surface area is 124 Å². The number of hydrogen-bond donors (Lipinski definition) is 1. The van der Waals surface area contributed by atoms with Crippen molar-refractivity contribution in [2.45, 2.75) is 25.3 Å². The summed E-state index contributed by atoms with van der Waals surface area (Å²) in [5.74, 6) is 0.0294. The number of aryl methyl sites for hydroxylation is 2. The molecule has 2 aromatic rings. The van der Waals surface area contributed by atoms with Crippen molar-refractivity contribution in [1.82, 2.24) is 9.71 Å². The molecule has 0 bridgehead atoms. The van der Waals surface area contributed by atoms with Crippen LogP contribution in [0.25, 0.3) is 0 Å². The Bertz CT molecular complexity index is 724. The molecule has 1 aromatic carbocycles. The molecule has 0 saturated heterocycles. The lowest BCUT2D eigenvalue weighted by atomic mass is 10.3. The number of hydrogen-bond acceptors (Lipinski definition) is 4. The summed E-state index contributed by atoms with van der Waals surface area (Å²) in [6.45, 7) is 3.35. The molecule has 1 N–H and O–H groups in total. The zero-order valence-electron chi connectivity index (χ0n) is 10.8. The first-order valence-electron chi connectivity index (χ1n) is 5.67. The van der Waals surface area contributed by atoms with Gasteiger partial charge in [-0.25, -0.2) is 22.5 Å². The number of rotatable bonds is 4. The Hall–Kier alpha value is -1.25. The van der Waals surface area contributed by atoms with E-state index in [1.54, 1.807) is 13.8 Å². The van der Waals surface area contributed by atoms with Crippen LogP contribution in [-0.2, 0) is 16.6 Å². The minimum Gasteiger partial charge on any atom is -0.444 e. The molecule has 0 spiro atoms. The molecular formula is C12H12BrFN2O3S. The van der Waals surface area contributed by atoms with E-state index < -0.39 is 20.7 Å². The van der Waals surface area contributed by atoms with Crippen LogP contribution in [0.5, 0.6) is 0 Å². The molecule has 5 nitrogen and oxygen atoms in total. The predicted octanol–water partition coefficient (Wildman–Crippen LogP) is 2.67. The molecule has 1 aromatic heterocycles. The fourth-order valence-electron chi connectivity index (χ4n) is 1.54. The highest BCUT2D eigenvalue weighted by Gasteiger charge is 2.20. The Balaban J connectivity index is 2.19. The minimum atomic E-state index is -3.96. The van der Waals surface area contributed by atoms with Gasteiger partial charge in [0.15, 0.2) is 0 Å². The maximum Gasteiger partial charge on any atom is 0.243 e. The normalized spacial score (nSPS) is 11.8. The zero-order chi connectivity index (χ0) is 14.9. The third-order valence-electron chi connectivity index (χ3n) is 2.67. The maximum atomic E-state index is 13.7. The predicted molar refractivity (Wildman–Crippen MR) is 74.1 cm³/mol. The van der Waals surface area contributed by atoms with Gasteiger partial charge in [-0.1, -0.05) is 15.9 Å². The molecule has 0 aliphatic rings. The Kier molecular flexibility index (Phi) is 4.26. The second-order valence-corrected chi connectivity index (χ2v) is 6.80. The third kappa shape index (κ3) is 3.25. The number of nitrogens with one attached hydrogen (secondary N) is 1. The van der Waals surface area contributed by atoms with Gasteiger partial charge in [-0.15, -0.1) is 0 Å². The second kappa shape index (κ2) is 5.63. The van der Waals surface area contributed by atoms with E-state index in [1.165, 1.54) is 12.1 Å². The highest BCUT2D eigenvalue weighted by Crippen LogP contribution is 2.19. The van der Waals surface area contributed by atoms with Gasteiger partial charge >= 0.3 is 0 Å². The van der Waals surface area contributed by atoms with E-state index >= 15 is 0 Å². The van der Waals surface area contributed by atoms with Crippen LogP contribution in [-0.4, -0.2) is 13.4 Å². The van der Waals surface area contributed by atoms with E-state index in [2.05, 4.69) is 25.6 Å². The fourth-order valence-corrected chi connectivity index (χ4v) is 2.91. The van der Waals surface area contributed by atoms with Crippen molar-refractivity contribution in [2.75, 3.05) is 0 Å². The Morgan fingerprint density at radius 1 is 1.40 bits per heavy atom. The zero-order valence-corrected chi connectivity index (χ0v) is 13.2. The van der Waals surface area contributed by atoms with E-state index in [0.717, 1.165) is 6.07 Å². The molecule has 0 aliphatic heterocycles. The molecule has 0 saturated carbocycles. The number of nitrogens with zero attached hydrogens (tertiary/aromatic N) is 1. The van der Waals surface area contributed by atoms with Crippen molar-refractivity contribution in [3.63, 3.8) is 0 Å². The number of sulfonamides is 1. The summed E-state index contributed by atoms with van der Waals surface area (Å²) in [4.78, 5) is 3.63. The molecule has 8 heteroatoms. The molecule has 0 fully saturated rings. The third-order valence-corrected chi connectivity index (χ3v) is 4.60. The first-order chi connectivity index (χ1) is 9.29. The lowest BCUT2D eigenvalue weighted by Crippen LogP contribution is -2.24. The first-order valence-corrected chi connectivity index (χ1v) is 7.95. The van der Waals surface area contributed by atoms with Crippen LogP contribution in [0, 0.1) is 19.7 Å². The number of benzene rings is 1. The summed E-state index contributed by atoms with van der Waals surface area (Å²) >= 11 is 3.07. The van der Waals surface area contributed by atoms with Crippen LogP contribution >= 0.6 is 15.9 Å². The van der Waals surface area contributed by atoms with Crippen molar-refractivity contribution in [1.29, 1.82) is 0 Å². The molecular weight excluding hydrogens is 351 g/mol. The van der Waals surface area contributed by atoms with Crippen molar-refractivity contribution in [2.24, 2.45) is 0 Å². The summed E-state index contributed by atoms with van der Waals surface area (Å²) in [6.07, 6.45) is 0. The average molecular weight is 363 g/mol. The largest absolute Gasteiger partial charge is 0.444 e. The van der Waals surface area contributed by atoms with Crippen LogP contribution in [0.1, 0.15) is 17.3 Å². The lowest BCUT2D eigenvalue weighted by Gasteiger charge is -2.06. The fraction of sp³-hybridized carbons (Fsp3) is 0.250. The summed E-state index contributed by atoms with van der Waals surface area (Å²) in [5.41, 5.74) is 0.689. The van der Waals surface area contributed by atoms with Gasteiger partial charge < -0.3 is 4.42 Å². The molecule has 0 aliphatic carbocycles. The summed E-state index contributed by atoms with van der Waals surface area (Å²) in [6, 6.07) is 3.74. The van der Waals surface area contributed by atoms with Crippen LogP contribution in [0.15, 0.2) is 32.0 Å². The van der Waals surface area contributed by atoms with Crippen LogP contribution in [0.4, 0.5) is 4.39 Å². The van der Waals surface area contributed by atoms with Crippen molar-refractivity contribution >= 4 is 26.0 Å². The topological polar surface area (TPSA) is 72.2 Å². The van der Waals surface area contributed by atoms with Gasteiger partial charge in [-0.05, 0) is 32.0 Å². The van der Waals surface area contributed by atoms with Gasteiger partial charge in [0.1, 0.15) is 16.5 Å². The van der Waals surface area contributed by atoms with Crippen molar-refractivity contribution in [3.8, 4) is 0 Å². The Morgan fingerprint density at radius 3 is 2.65 bits per heavy atom. The summed E-state index contributed by atoms with van der Waals surface area (Å²) < 4.78 is 45.6. The standard InChI is InChI=1S/C12H12BrFN2O3S/c1-7-8(2)19-12(16-7)6-15-20(17,18)11-4-3-9(13)5-10(11)14/h3-5,15H,6H2,1-2H3. The maximum absolute atomic E-state index is 13.7. The quantitative estimate of drug-likeness (QED) is 0.907. The highest BCUT2D eigenvalue weighted by atomic mass is 79.9. The molecule has 108 valence electrons. The van der Waals surface area contributed by atoms with Crippen LogP contribution in [0.2, 0.25) is 0 Å². The van der Waals surface area contributed by atoms with Crippen molar-refractivity contribution < 1.29 is 17.2 Å². The summed E-state index contributed by atoms with van der Waals surface area (Å²) in [7, 11) is -3.96. The second-order valence-electron chi connectivity index (χ2n) is 4.15. The van der Waals surface area contributed by atoms with E-state index in [9.17, 15) is 12.8 Å². The van der Waals surface area contributed by atoms with Gasteiger partial charge in [0.2, 0.25) is 15.9 Å². The van der Waals surface area contributed by atoms with Crippen LogP contribution < -0.4 is 4.72 Å². The van der Waals surface area contributed by atoms with Crippen LogP contribution in [0.3, 0.4) is 0 Å². The number of halogens is 2. The molecule has 0 atom stereocenters. The molecule has 0 unspecified atom stereocenters. The van der Waals surface area contributed by atoms with Gasteiger partial charge in [-0.3, -0.25) is 0 Å². The molecule has 0 radical (unpaired) electrons. The number of oxazole rings is 1. The van der Waals surface area contributed by atoms with Gasteiger partial charge in [0.25, 0.3) is 0 Å². The lowest BCUT2D eigenvalue weighted by molar-refractivity contribution is 0.462. The average Bonchev–Trinajstić information content (AvgIpc) is 2.66. The molecule has 1 heterocycles. The van der Waals surface area contributed by atoms with Gasteiger partial charge in [0.05, 0.1) is 12.2 Å². The van der Waals surface area contributed by atoms with E-state index in [-0.39, 0.29) is 12.4 Å². The van der Waals surface area contributed by atoms with E-state index in [4.69, 9.17) is 4.42 Å². The monoisotopic (exact) mass is 362 g/mol. The van der Waals surface area contributed by atoms with E-state index in [0.29, 0.717) is 15.9 Å². The highest BCUT2D eigenvalue weighted by molar-refractivity contribution is 9.10. The minimum absolute atomic E-state index is 0.132. The molecule has 2 rings (SSSR count). The summed E-state index contributed by atoms with van der Waals surface area (Å²) in [5, 5.41) is 0. The first kappa shape index (κ1) is 15.1.